The van der Waals surface area contributed by atoms with Gasteiger partial charge in [-0.05, 0) is 24.6 Å². The maximum absolute atomic E-state index is 12.1. The highest BCUT2D eigenvalue weighted by molar-refractivity contribution is 7.88. The molecule has 8 heteroatoms. The minimum absolute atomic E-state index is 0.175. The molecular weight excluding hydrogens is 356 g/mol. The van der Waals surface area contributed by atoms with E-state index >= 15 is 0 Å². The summed E-state index contributed by atoms with van der Waals surface area (Å²) in [5.41, 5.74) is 2.16. The van der Waals surface area contributed by atoms with Crippen molar-refractivity contribution in [1.82, 2.24) is 4.72 Å². The predicted octanol–water partition coefficient (Wildman–Crippen LogP) is 1.82. The molecule has 3 rings (SSSR count). The lowest BCUT2D eigenvalue weighted by molar-refractivity contribution is -0.115. The minimum Gasteiger partial charge on any atom is -0.486 e. The number of sulfonamides is 1. The van der Waals surface area contributed by atoms with Crippen molar-refractivity contribution >= 4 is 21.6 Å². The molecule has 0 spiro atoms. The van der Waals surface area contributed by atoms with E-state index in [1.54, 1.807) is 36.4 Å². The van der Waals surface area contributed by atoms with E-state index in [0.717, 1.165) is 5.56 Å². The Morgan fingerprint density at radius 3 is 2.62 bits per heavy atom. The number of anilines is 1. The quantitative estimate of drug-likeness (QED) is 0.802. The number of nitrogens with one attached hydrogen (secondary N) is 2. The number of hydrogen-bond acceptors (Lipinski definition) is 5. The van der Waals surface area contributed by atoms with Crippen molar-refractivity contribution in [2.75, 3.05) is 25.1 Å². The molecule has 0 aliphatic carbocycles. The summed E-state index contributed by atoms with van der Waals surface area (Å²) in [6.45, 7) is 2.48. The molecule has 0 unspecified atom stereocenters. The third-order valence-electron chi connectivity index (χ3n) is 3.72. The second kappa shape index (κ2) is 7.76. The lowest BCUT2D eigenvalue weighted by Crippen LogP contribution is -2.33. The monoisotopic (exact) mass is 376 g/mol. The van der Waals surface area contributed by atoms with Gasteiger partial charge in [-0.3, -0.25) is 4.79 Å². The Bertz CT molecular complexity index is 912. The van der Waals surface area contributed by atoms with Gasteiger partial charge in [-0.15, -0.1) is 0 Å². The molecule has 1 heterocycles. The molecule has 0 aromatic heterocycles. The molecule has 0 bridgehead atoms. The first kappa shape index (κ1) is 18.2. The summed E-state index contributed by atoms with van der Waals surface area (Å²) >= 11 is 0. The molecule has 0 saturated carbocycles. The molecule has 1 aliphatic heterocycles. The average Bonchev–Trinajstić information content (AvgIpc) is 2.60. The molecule has 2 aromatic carbocycles. The predicted molar refractivity (Wildman–Crippen MR) is 97.9 cm³/mol. The van der Waals surface area contributed by atoms with E-state index in [-0.39, 0.29) is 12.3 Å². The average molecular weight is 376 g/mol. The molecule has 0 fully saturated rings. The summed E-state index contributed by atoms with van der Waals surface area (Å²) in [6, 6.07) is 12.3. The molecule has 2 N–H and O–H groups in total. The van der Waals surface area contributed by atoms with Gasteiger partial charge in [-0.1, -0.05) is 29.8 Å². The van der Waals surface area contributed by atoms with Gasteiger partial charge in [0.25, 0.3) is 0 Å². The first-order valence-corrected chi connectivity index (χ1v) is 9.79. The topological polar surface area (TPSA) is 93.7 Å². The summed E-state index contributed by atoms with van der Waals surface area (Å²) in [4.78, 5) is 12.0. The zero-order valence-electron chi connectivity index (χ0n) is 14.3. The van der Waals surface area contributed by atoms with Gasteiger partial charge in [-0.2, -0.15) is 0 Å². The molecule has 1 aliphatic rings. The largest absolute Gasteiger partial charge is 0.486 e. The third-order valence-corrected chi connectivity index (χ3v) is 5.02. The fourth-order valence-electron chi connectivity index (χ4n) is 2.57. The number of hydrogen-bond donors (Lipinski definition) is 2. The van der Waals surface area contributed by atoms with Gasteiger partial charge in [0.15, 0.2) is 11.5 Å². The normalized spacial score (nSPS) is 13.3. The Kier molecular flexibility index (Phi) is 5.43. The number of rotatable bonds is 6. The van der Waals surface area contributed by atoms with Crippen LogP contribution in [0.2, 0.25) is 0 Å². The fourth-order valence-corrected chi connectivity index (χ4v) is 3.65. The van der Waals surface area contributed by atoms with Gasteiger partial charge in [-0.25, -0.2) is 13.1 Å². The molecule has 1 amide bonds. The van der Waals surface area contributed by atoms with Crippen molar-refractivity contribution in [3.05, 3.63) is 53.6 Å². The van der Waals surface area contributed by atoms with Crippen molar-refractivity contribution in [1.29, 1.82) is 0 Å². The van der Waals surface area contributed by atoms with Gasteiger partial charge in [0, 0.05) is 11.8 Å². The van der Waals surface area contributed by atoms with Gasteiger partial charge >= 0.3 is 0 Å². The van der Waals surface area contributed by atoms with Crippen LogP contribution in [-0.4, -0.2) is 34.1 Å². The molecule has 0 radical (unpaired) electrons. The van der Waals surface area contributed by atoms with Gasteiger partial charge < -0.3 is 14.8 Å². The second-order valence-electron chi connectivity index (χ2n) is 5.98. The summed E-state index contributed by atoms with van der Waals surface area (Å²) in [6.07, 6.45) is 0. The highest BCUT2D eigenvalue weighted by atomic mass is 32.2. The fraction of sp³-hybridized carbons (Fsp3) is 0.278. The SMILES string of the molecule is Cc1cccc(CS(=O)(=O)NCC(=O)Nc2ccc3c(c2)OCCO3)c1. The second-order valence-corrected chi connectivity index (χ2v) is 7.78. The number of aryl methyl sites for hydroxylation is 1. The first-order chi connectivity index (χ1) is 12.4. The standard InChI is InChI=1S/C18H20N2O5S/c1-13-3-2-4-14(9-13)12-26(22,23)19-11-18(21)20-15-5-6-16-17(10-15)25-8-7-24-16/h2-6,9-10,19H,7-8,11-12H2,1H3,(H,20,21). The zero-order chi connectivity index (χ0) is 18.6. The van der Waals surface area contributed by atoms with Crippen LogP contribution in [0, 0.1) is 6.92 Å². The van der Waals surface area contributed by atoms with E-state index < -0.39 is 15.9 Å². The molecule has 138 valence electrons. The minimum atomic E-state index is -3.61. The van der Waals surface area contributed by atoms with Crippen LogP contribution in [0.3, 0.4) is 0 Å². The number of fused-ring (bicyclic) bond motifs is 1. The summed E-state index contributed by atoms with van der Waals surface area (Å²) < 4.78 is 37.4. The number of benzene rings is 2. The molecule has 26 heavy (non-hydrogen) atoms. The number of ether oxygens (including phenoxy) is 2. The smallest absolute Gasteiger partial charge is 0.239 e. The van der Waals surface area contributed by atoms with Crippen LogP contribution in [0.15, 0.2) is 42.5 Å². The van der Waals surface area contributed by atoms with E-state index in [0.29, 0.717) is 36.0 Å². The third kappa shape index (κ3) is 4.96. The van der Waals surface area contributed by atoms with E-state index in [4.69, 9.17) is 9.47 Å². The lowest BCUT2D eigenvalue weighted by Gasteiger charge is -2.19. The van der Waals surface area contributed by atoms with Gasteiger partial charge in [0.2, 0.25) is 15.9 Å². The van der Waals surface area contributed by atoms with Crippen LogP contribution in [0.25, 0.3) is 0 Å². The zero-order valence-corrected chi connectivity index (χ0v) is 15.1. The summed E-state index contributed by atoms with van der Waals surface area (Å²) in [7, 11) is -3.61. The lowest BCUT2D eigenvalue weighted by atomic mass is 10.2. The van der Waals surface area contributed by atoms with Crippen molar-refractivity contribution < 1.29 is 22.7 Å². The van der Waals surface area contributed by atoms with Crippen LogP contribution < -0.4 is 19.5 Å². The molecule has 7 nitrogen and oxygen atoms in total. The van der Waals surface area contributed by atoms with Crippen LogP contribution in [0.5, 0.6) is 11.5 Å². The Labute approximate surface area is 152 Å². The number of carbonyl (C=O) groups excluding carboxylic acids is 1. The Hall–Kier alpha value is -2.58. The van der Waals surface area contributed by atoms with Crippen molar-refractivity contribution in [2.24, 2.45) is 0 Å². The Morgan fingerprint density at radius 1 is 1.08 bits per heavy atom. The highest BCUT2D eigenvalue weighted by Gasteiger charge is 2.15. The molecule has 0 saturated heterocycles. The maximum atomic E-state index is 12.1. The Balaban J connectivity index is 1.55. The highest BCUT2D eigenvalue weighted by Crippen LogP contribution is 2.32. The van der Waals surface area contributed by atoms with Gasteiger partial charge in [0.1, 0.15) is 13.2 Å². The van der Waals surface area contributed by atoms with E-state index in [9.17, 15) is 13.2 Å². The van der Waals surface area contributed by atoms with Crippen LogP contribution in [-0.2, 0) is 20.6 Å². The van der Waals surface area contributed by atoms with Crippen molar-refractivity contribution in [2.45, 2.75) is 12.7 Å². The van der Waals surface area contributed by atoms with Crippen LogP contribution >= 0.6 is 0 Å². The van der Waals surface area contributed by atoms with E-state index in [2.05, 4.69) is 10.0 Å². The van der Waals surface area contributed by atoms with E-state index in [1.807, 2.05) is 13.0 Å². The Morgan fingerprint density at radius 2 is 1.85 bits per heavy atom. The maximum Gasteiger partial charge on any atom is 0.239 e. The first-order valence-electron chi connectivity index (χ1n) is 8.14. The van der Waals surface area contributed by atoms with Crippen LogP contribution in [0.1, 0.15) is 11.1 Å². The number of carbonyl (C=O) groups is 1. The van der Waals surface area contributed by atoms with Gasteiger partial charge in [0.05, 0.1) is 12.3 Å². The summed E-state index contributed by atoms with van der Waals surface area (Å²) in [5.74, 6) is 0.531. The summed E-state index contributed by atoms with van der Waals surface area (Å²) in [5, 5.41) is 2.64. The van der Waals surface area contributed by atoms with E-state index in [1.165, 1.54) is 0 Å². The molecule has 0 atom stereocenters. The molecule has 2 aromatic rings. The van der Waals surface area contributed by atoms with Crippen molar-refractivity contribution in [3.8, 4) is 11.5 Å². The van der Waals surface area contributed by atoms with Crippen LogP contribution in [0.4, 0.5) is 5.69 Å². The molecular formula is C18H20N2O5S. The number of amides is 1. The van der Waals surface area contributed by atoms with Crippen molar-refractivity contribution in [3.63, 3.8) is 0 Å².